The predicted octanol–water partition coefficient (Wildman–Crippen LogP) is 5.84. The van der Waals surface area contributed by atoms with E-state index in [1.807, 2.05) is 0 Å². The molecule has 1 rings (SSSR count). The zero-order valence-electron chi connectivity index (χ0n) is 15.7. The van der Waals surface area contributed by atoms with Crippen LogP contribution in [0.4, 0.5) is 0 Å². The van der Waals surface area contributed by atoms with Crippen LogP contribution >= 0.6 is 12.4 Å². The second-order valence-electron chi connectivity index (χ2n) is 7.22. The first kappa shape index (κ1) is 23.2. The molecule has 0 saturated carbocycles. The third-order valence-electron chi connectivity index (χ3n) is 5.05. The zero-order valence-corrected chi connectivity index (χ0v) is 16.5. The molecular weight excluding hydrogens is 304 g/mol. The minimum Gasteiger partial charge on any atom is -0.317 e. The molecule has 0 radical (unpaired) electrons. The number of unbranched alkanes of at least 4 members (excludes halogenated alkanes) is 12. The van der Waals surface area contributed by atoms with Gasteiger partial charge in [0, 0.05) is 6.04 Å². The van der Waals surface area contributed by atoms with Crippen LogP contribution < -0.4 is 10.6 Å². The summed E-state index contributed by atoms with van der Waals surface area (Å²) in [6.07, 6.45) is 21.5. The summed E-state index contributed by atoms with van der Waals surface area (Å²) >= 11 is 0. The third kappa shape index (κ3) is 15.5. The van der Waals surface area contributed by atoms with E-state index in [-0.39, 0.29) is 12.4 Å². The van der Waals surface area contributed by atoms with Gasteiger partial charge in [0.1, 0.15) is 0 Å². The van der Waals surface area contributed by atoms with Gasteiger partial charge in [-0.1, -0.05) is 84.0 Å². The number of piperidine rings is 1. The average Bonchev–Trinajstić information content (AvgIpc) is 2.56. The van der Waals surface area contributed by atoms with Gasteiger partial charge in [0.05, 0.1) is 0 Å². The quantitative estimate of drug-likeness (QED) is 0.364. The summed E-state index contributed by atoms with van der Waals surface area (Å²) in [6, 6.07) is 0.790. The summed E-state index contributed by atoms with van der Waals surface area (Å²) in [4.78, 5) is 0. The normalized spacial score (nSPS) is 15.5. The molecule has 0 unspecified atom stereocenters. The van der Waals surface area contributed by atoms with Crippen molar-refractivity contribution < 1.29 is 0 Å². The Labute approximate surface area is 152 Å². The Morgan fingerprint density at radius 2 is 1.13 bits per heavy atom. The lowest BCUT2D eigenvalue weighted by atomic mass is 10.0. The first-order valence-corrected chi connectivity index (χ1v) is 10.4. The molecule has 2 nitrogen and oxygen atoms in total. The van der Waals surface area contributed by atoms with Gasteiger partial charge in [-0.2, -0.15) is 0 Å². The van der Waals surface area contributed by atoms with E-state index in [1.54, 1.807) is 0 Å². The highest BCUT2D eigenvalue weighted by Crippen LogP contribution is 2.12. The molecular formula is C20H43ClN2. The van der Waals surface area contributed by atoms with Crippen molar-refractivity contribution >= 4 is 12.4 Å². The summed E-state index contributed by atoms with van der Waals surface area (Å²) in [6.45, 7) is 5.94. The van der Waals surface area contributed by atoms with Crippen LogP contribution in [0.5, 0.6) is 0 Å². The summed E-state index contributed by atoms with van der Waals surface area (Å²) in [7, 11) is 0. The SMILES string of the molecule is CCCCCCCCCCCCCCCNC1CCNCC1.Cl. The van der Waals surface area contributed by atoms with Gasteiger partial charge in [0.25, 0.3) is 0 Å². The lowest BCUT2D eigenvalue weighted by Crippen LogP contribution is -2.40. The summed E-state index contributed by atoms with van der Waals surface area (Å²) in [5, 5.41) is 7.15. The van der Waals surface area contributed by atoms with E-state index in [0.717, 1.165) is 6.04 Å². The second-order valence-corrected chi connectivity index (χ2v) is 7.22. The number of hydrogen-bond acceptors (Lipinski definition) is 2. The maximum atomic E-state index is 3.72. The minimum atomic E-state index is 0. The summed E-state index contributed by atoms with van der Waals surface area (Å²) < 4.78 is 0. The van der Waals surface area contributed by atoms with Crippen molar-refractivity contribution in [2.45, 2.75) is 109 Å². The zero-order chi connectivity index (χ0) is 15.7. The topological polar surface area (TPSA) is 24.1 Å². The van der Waals surface area contributed by atoms with Crippen LogP contribution in [0, 0.1) is 0 Å². The molecule has 0 amide bonds. The van der Waals surface area contributed by atoms with Crippen molar-refractivity contribution in [3.8, 4) is 0 Å². The minimum absolute atomic E-state index is 0. The maximum Gasteiger partial charge on any atom is 0.00912 e. The lowest BCUT2D eigenvalue weighted by molar-refractivity contribution is 0.383. The van der Waals surface area contributed by atoms with Crippen molar-refractivity contribution in [2.24, 2.45) is 0 Å². The van der Waals surface area contributed by atoms with E-state index in [0.29, 0.717) is 0 Å². The molecule has 0 aromatic rings. The van der Waals surface area contributed by atoms with Gasteiger partial charge < -0.3 is 10.6 Å². The molecule has 0 bridgehead atoms. The van der Waals surface area contributed by atoms with Gasteiger partial charge >= 0.3 is 0 Å². The van der Waals surface area contributed by atoms with E-state index in [2.05, 4.69) is 17.6 Å². The van der Waals surface area contributed by atoms with Gasteiger partial charge in [-0.15, -0.1) is 12.4 Å². The maximum absolute atomic E-state index is 3.72. The lowest BCUT2D eigenvalue weighted by Gasteiger charge is -2.23. The summed E-state index contributed by atoms with van der Waals surface area (Å²) in [5.74, 6) is 0. The number of rotatable bonds is 15. The van der Waals surface area contributed by atoms with Crippen LogP contribution in [-0.4, -0.2) is 25.7 Å². The van der Waals surface area contributed by atoms with Gasteiger partial charge in [-0.05, 0) is 38.9 Å². The second kappa shape index (κ2) is 18.5. The van der Waals surface area contributed by atoms with E-state index in [4.69, 9.17) is 0 Å². The molecule has 3 heteroatoms. The fourth-order valence-electron chi connectivity index (χ4n) is 3.48. The van der Waals surface area contributed by atoms with Gasteiger partial charge in [0.2, 0.25) is 0 Å². The van der Waals surface area contributed by atoms with Crippen molar-refractivity contribution in [3.63, 3.8) is 0 Å². The van der Waals surface area contributed by atoms with Crippen LogP contribution in [0.15, 0.2) is 0 Å². The van der Waals surface area contributed by atoms with Gasteiger partial charge in [-0.25, -0.2) is 0 Å². The molecule has 0 aromatic carbocycles. The van der Waals surface area contributed by atoms with Crippen LogP contribution in [-0.2, 0) is 0 Å². The largest absolute Gasteiger partial charge is 0.317 e. The Bertz CT molecular complexity index is 218. The molecule has 1 heterocycles. The van der Waals surface area contributed by atoms with Crippen molar-refractivity contribution in [1.29, 1.82) is 0 Å². The monoisotopic (exact) mass is 346 g/mol. The fraction of sp³-hybridized carbons (Fsp3) is 1.00. The molecule has 1 aliphatic heterocycles. The highest BCUT2D eigenvalue weighted by molar-refractivity contribution is 5.85. The van der Waals surface area contributed by atoms with Crippen LogP contribution in [0.3, 0.4) is 0 Å². The average molecular weight is 347 g/mol. The summed E-state index contributed by atoms with van der Waals surface area (Å²) in [5.41, 5.74) is 0. The number of hydrogen-bond donors (Lipinski definition) is 2. The molecule has 2 N–H and O–H groups in total. The van der Waals surface area contributed by atoms with E-state index < -0.39 is 0 Å². The predicted molar refractivity (Wildman–Crippen MR) is 107 cm³/mol. The Kier molecular flexibility index (Phi) is 18.7. The number of halogens is 1. The van der Waals surface area contributed by atoms with Crippen molar-refractivity contribution in [3.05, 3.63) is 0 Å². The first-order valence-electron chi connectivity index (χ1n) is 10.4. The molecule has 0 spiro atoms. The Hall–Kier alpha value is 0.210. The van der Waals surface area contributed by atoms with Gasteiger partial charge in [0.15, 0.2) is 0 Å². The highest BCUT2D eigenvalue weighted by Gasteiger charge is 2.10. The molecule has 0 aromatic heterocycles. The standard InChI is InChI=1S/C20H42N2.ClH/c1-2-3-4-5-6-7-8-9-10-11-12-13-14-17-22-20-15-18-21-19-16-20;/h20-22H,2-19H2,1H3;1H. The van der Waals surface area contributed by atoms with Gasteiger partial charge in [-0.3, -0.25) is 0 Å². The van der Waals surface area contributed by atoms with Crippen molar-refractivity contribution in [2.75, 3.05) is 19.6 Å². The van der Waals surface area contributed by atoms with E-state index in [1.165, 1.54) is 116 Å². The molecule has 1 aliphatic rings. The van der Waals surface area contributed by atoms with Crippen LogP contribution in [0.25, 0.3) is 0 Å². The molecule has 1 saturated heterocycles. The molecule has 0 aliphatic carbocycles. The fourth-order valence-corrected chi connectivity index (χ4v) is 3.48. The first-order chi connectivity index (χ1) is 10.9. The Balaban J connectivity index is 0.00000484. The number of nitrogens with one attached hydrogen (secondary N) is 2. The highest BCUT2D eigenvalue weighted by atomic mass is 35.5. The van der Waals surface area contributed by atoms with E-state index >= 15 is 0 Å². The van der Waals surface area contributed by atoms with E-state index in [9.17, 15) is 0 Å². The Morgan fingerprint density at radius 3 is 1.61 bits per heavy atom. The van der Waals surface area contributed by atoms with Crippen LogP contribution in [0.2, 0.25) is 0 Å². The van der Waals surface area contributed by atoms with Crippen LogP contribution in [0.1, 0.15) is 103 Å². The molecule has 1 fully saturated rings. The Morgan fingerprint density at radius 1 is 0.696 bits per heavy atom. The smallest absolute Gasteiger partial charge is 0.00912 e. The molecule has 140 valence electrons. The third-order valence-corrected chi connectivity index (χ3v) is 5.05. The van der Waals surface area contributed by atoms with Crippen molar-refractivity contribution in [1.82, 2.24) is 10.6 Å². The molecule has 23 heavy (non-hydrogen) atoms. The molecule has 0 atom stereocenters.